The van der Waals surface area contributed by atoms with Gasteiger partial charge in [0.1, 0.15) is 0 Å². The van der Waals surface area contributed by atoms with E-state index in [4.69, 9.17) is 33.7 Å². The van der Waals surface area contributed by atoms with E-state index in [9.17, 15) is 0 Å². The second-order valence-corrected chi connectivity index (χ2v) is 5.78. The van der Waals surface area contributed by atoms with Gasteiger partial charge < -0.3 is 10.5 Å². The molecule has 0 amide bonds. The minimum atomic E-state index is 0.0559. The Morgan fingerprint density at radius 1 is 1.47 bits per heavy atom. The van der Waals surface area contributed by atoms with Gasteiger partial charge in [0, 0.05) is 25.2 Å². The second-order valence-electron chi connectivity index (χ2n) is 4.99. The monoisotopic (exact) mass is 302 g/mol. The van der Waals surface area contributed by atoms with Crippen LogP contribution < -0.4 is 5.73 Å². The lowest BCUT2D eigenvalue weighted by atomic mass is 10.0. The fourth-order valence-electron chi connectivity index (χ4n) is 2.78. The minimum absolute atomic E-state index is 0.0559. The van der Waals surface area contributed by atoms with E-state index >= 15 is 0 Å². The highest BCUT2D eigenvalue weighted by Crippen LogP contribution is 2.34. The average Bonchev–Trinajstić information content (AvgIpc) is 2.81. The van der Waals surface area contributed by atoms with Crippen molar-refractivity contribution >= 4 is 23.2 Å². The highest BCUT2D eigenvalue weighted by atomic mass is 35.5. The molecule has 19 heavy (non-hydrogen) atoms. The van der Waals surface area contributed by atoms with Gasteiger partial charge in [-0.1, -0.05) is 35.3 Å². The molecule has 0 aliphatic carbocycles. The zero-order valence-corrected chi connectivity index (χ0v) is 12.8. The molecule has 1 heterocycles. The Labute approximate surface area is 124 Å². The lowest BCUT2D eigenvalue weighted by Crippen LogP contribution is -2.42. The summed E-state index contributed by atoms with van der Waals surface area (Å²) in [6.07, 6.45) is 1.24. The van der Waals surface area contributed by atoms with Crippen molar-refractivity contribution in [2.45, 2.75) is 31.5 Å². The van der Waals surface area contributed by atoms with Gasteiger partial charge in [-0.05, 0) is 32.0 Å². The van der Waals surface area contributed by atoms with Crippen LogP contribution in [0.25, 0.3) is 0 Å². The molecule has 0 radical (unpaired) electrons. The third kappa shape index (κ3) is 3.06. The van der Waals surface area contributed by atoms with Gasteiger partial charge in [-0.3, -0.25) is 4.90 Å². The predicted molar refractivity (Wildman–Crippen MR) is 79.8 cm³/mol. The summed E-state index contributed by atoms with van der Waals surface area (Å²) in [4.78, 5) is 2.26. The fraction of sp³-hybridized carbons (Fsp3) is 0.571. The molecule has 1 aromatic rings. The molecule has 3 nitrogen and oxygen atoms in total. The van der Waals surface area contributed by atoms with Gasteiger partial charge in [-0.2, -0.15) is 0 Å². The maximum Gasteiger partial charge on any atom is 0.0703 e. The lowest BCUT2D eigenvalue weighted by molar-refractivity contribution is 0.0686. The molecule has 1 saturated heterocycles. The van der Waals surface area contributed by atoms with E-state index in [1.807, 2.05) is 12.1 Å². The summed E-state index contributed by atoms with van der Waals surface area (Å²) < 4.78 is 5.63. The first kappa shape index (κ1) is 15.1. The second kappa shape index (κ2) is 6.42. The molecule has 5 heteroatoms. The molecular formula is C14H20Cl2N2O. The largest absolute Gasteiger partial charge is 0.377 e. The van der Waals surface area contributed by atoms with Crippen LogP contribution in [0.5, 0.6) is 0 Å². The predicted octanol–water partition coefficient (Wildman–Crippen LogP) is 3.10. The maximum atomic E-state index is 6.31. The van der Waals surface area contributed by atoms with Crippen LogP contribution in [0.3, 0.4) is 0 Å². The normalized spacial score (nSPS) is 24.9. The zero-order chi connectivity index (χ0) is 14.0. The number of ether oxygens (including phenoxy) is 1. The first-order valence-electron chi connectivity index (χ1n) is 6.53. The van der Waals surface area contributed by atoms with Gasteiger partial charge in [-0.25, -0.2) is 0 Å². The molecule has 3 unspecified atom stereocenters. The molecule has 0 aromatic heterocycles. The molecule has 3 atom stereocenters. The number of nitrogens with two attached hydrogens (primary N) is 1. The third-order valence-electron chi connectivity index (χ3n) is 3.91. The highest BCUT2D eigenvalue weighted by molar-refractivity contribution is 6.42. The van der Waals surface area contributed by atoms with Crippen molar-refractivity contribution in [1.82, 2.24) is 4.90 Å². The fourth-order valence-corrected chi connectivity index (χ4v) is 3.21. The minimum Gasteiger partial charge on any atom is -0.377 e. The molecule has 0 saturated carbocycles. The Balaban J connectivity index is 2.26. The molecule has 2 N–H and O–H groups in total. The molecule has 1 aliphatic heterocycles. The summed E-state index contributed by atoms with van der Waals surface area (Å²) >= 11 is 12.4. The van der Waals surface area contributed by atoms with E-state index in [-0.39, 0.29) is 12.1 Å². The Morgan fingerprint density at radius 3 is 2.79 bits per heavy atom. The molecule has 1 aromatic carbocycles. The maximum absolute atomic E-state index is 6.31. The van der Waals surface area contributed by atoms with Crippen molar-refractivity contribution in [1.29, 1.82) is 0 Å². The third-order valence-corrected chi connectivity index (χ3v) is 4.75. The SMILES string of the molecule is CC1OCCC1N(C)C(CN)c1cccc(Cl)c1Cl. The van der Waals surface area contributed by atoms with Crippen molar-refractivity contribution < 1.29 is 4.74 Å². The summed E-state index contributed by atoms with van der Waals surface area (Å²) in [6, 6.07) is 6.11. The molecule has 0 bridgehead atoms. The topological polar surface area (TPSA) is 38.5 Å². The number of likely N-dealkylation sites (N-methyl/N-ethyl adjacent to an activating group) is 1. The summed E-state index contributed by atoms with van der Waals surface area (Å²) in [5, 5.41) is 1.17. The van der Waals surface area contributed by atoms with Crippen molar-refractivity contribution in [3.8, 4) is 0 Å². The van der Waals surface area contributed by atoms with Gasteiger partial charge in [0.2, 0.25) is 0 Å². The van der Waals surface area contributed by atoms with Crippen molar-refractivity contribution in [2.75, 3.05) is 20.2 Å². The lowest BCUT2D eigenvalue weighted by Gasteiger charge is -2.34. The van der Waals surface area contributed by atoms with E-state index in [1.54, 1.807) is 6.07 Å². The number of hydrogen-bond acceptors (Lipinski definition) is 3. The van der Waals surface area contributed by atoms with E-state index < -0.39 is 0 Å². The smallest absolute Gasteiger partial charge is 0.0703 e. The summed E-state index contributed by atoms with van der Waals surface area (Å²) in [5.41, 5.74) is 6.94. The van der Waals surface area contributed by atoms with Crippen molar-refractivity contribution in [3.05, 3.63) is 33.8 Å². The van der Waals surface area contributed by atoms with Crippen LogP contribution in [-0.2, 0) is 4.74 Å². The molecular weight excluding hydrogens is 283 g/mol. The molecule has 106 valence electrons. The zero-order valence-electron chi connectivity index (χ0n) is 11.3. The van der Waals surface area contributed by atoms with E-state index in [2.05, 4.69) is 18.9 Å². The van der Waals surface area contributed by atoms with Crippen LogP contribution in [0.4, 0.5) is 0 Å². The number of benzene rings is 1. The van der Waals surface area contributed by atoms with E-state index in [1.165, 1.54) is 0 Å². The van der Waals surface area contributed by atoms with Crippen molar-refractivity contribution in [2.24, 2.45) is 5.73 Å². The number of rotatable bonds is 4. The van der Waals surface area contributed by atoms with E-state index in [0.717, 1.165) is 18.6 Å². The van der Waals surface area contributed by atoms with Gasteiger partial charge in [0.25, 0.3) is 0 Å². The Kier molecular flexibility index (Phi) is 5.09. The number of halogens is 2. The quantitative estimate of drug-likeness (QED) is 0.929. The van der Waals surface area contributed by atoms with Crippen LogP contribution >= 0.6 is 23.2 Å². The van der Waals surface area contributed by atoms with Gasteiger partial charge in [0.05, 0.1) is 16.1 Å². The Hall–Kier alpha value is -0.320. The number of hydrogen-bond donors (Lipinski definition) is 1. The molecule has 2 rings (SSSR count). The summed E-state index contributed by atoms with van der Waals surface area (Å²) in [6.45, 7) is 3.40. The summed E-state index contributed by atoms with van der Waals surface area (Å²) in [7, 11) is 2.07. The molecule has 0 spiro atoms. The van der Waals surface area contributed by atoms with Gasteiger partial charge in [0.15, 0.2) is 0 Å². The van der Waals surface area contributed by atoms with Gasteiger partial charge >= 0.3 is 0 Å². The first-order valence-corrected chi connectivity index (χ1v) is 7.29. The average molecular weight is 303 g/mol. The standard InChI is InChI=1S/C14H20Cl2N2O/c1-9-12(6-7-19-9)18(2)13(8-17)10-4-3-5-11(15)14(10)16/h3-5,9,12-13H,6-8,17H2,1-2H3. The highest BCUT2D eigenvalue weighted by Gasteiger charge is 2.32. The molecule has 1 fully saturated rings. The van der Waals surface area contributed by atoms with Gasteiger partial charge in [-0.15, -0.1) is 0 Å². The molecule has 1 aliphatic rings. The summed E-state index contributed by atoms with van der Waals surface area (Å²) in [5.74, 6) is 0. The van der Waals surface area contributed by atoms with Crippen LogP contribution in [0, 0.1) is 0 Å². The van der Waals surface area contributed by atoms with Crippen molar-refractivity contribution in [3.63, 3.8) is 0 Å². The van der Waals surface area contributed by atoms with Crippen LogP contribution in [0.1, 0.15) is 24.9 Å². The number of nitrogens with zero attached hydrogens (tertiary/aromatic N) is 1. The van der Waals surface area contributed by atoms with Crippen LogP contribution in [-0.4, -0.2) is 37.2 Å². The van der Waals surface area contributed by atoms with E-state index in [0.29, 0.717) is 22.6 Å². The van der Waals surface area contributed by atoms with Crippen LogP contribution in [0.15, 0.2) is 18.2 Å². The first-order chi connectivity index (χ1) is 9.06. The Bertz CT molecular complexity index is 441. The Morgan fingerprint density at radius 2 is 2.21 bits per heavy atom. The van der Waals surface area contributed by atoms with Crippen LogP contribution in [0.2, 0.25) is 10.0 Å².